The number of esters is 1. The van der Waals surface area contributed by atoms with E-state index in [1.54, 1.807) is 26.1 Å². The number of pyridine rings is 1. The molecule has 0 saturated heterocycles. The van der Waals surface area contributed by atoms with Crippen molar-refractivity contribution >= 4 is 26.9 Å². The summed E-state index contributed by atoms with van der Waals surface area (Å²) in [6.45, 7) is 3.68. The average molecular weight is 416 g/mol. The Morgan fingerprint density at radius 3 is 2.55 bits per heavy atom. The number of benzene rings is 2. The lowest BCUT2D eigenvalue weighted by Gasteiger charge is -2.19. The number of fused-ring (bicyclic) bond motifs is 1. The van der Waals surface area contributed by atoms with Crippen molar-refractivity contribution in [1.82, 2.24) is 9.29 Å². The first kappa shape index (κ1) is 20.9. The molecule has 1 heterocycles. The molecule has 0 bridgehead atoms. The van der Waals surface area contributed by atoms with Crippen LogP contribution in [0.25, 0.3) is 10.9 Å². The molecule has 0 unspecified atom stereocenters. The first-order valence-corrected chi connectivity index (χ1v) is 10.6. The van der Waals surface area contributed by atoms with Gasteiger partial charge in [0.15, 0.2) is 0 Å². The average Bonchev–Trinajstić information content (AvgIpc) is 2.72. The predicted molar refractivity (Wildman–Crippen MR) is 107 cm³/mol. The predicted octanol–water partition coefficient (Wildman–Crippen LogP) is 3.76. The summed E-state index contributed by atoms with van der Waals surface area (Å²) in [6.07, 6.45) is 1.65. The first-order valence-electron chi connectivity index (χ1n) is 9.18. The van der Waals surface area contributed by atoms with E-state index in [1.807, 2.05) is 24.3 Å². The largest absolute Gasteiger partial charge is 0.457 e. The Morgan fingerprint density at radius 1 is 1.10 bits per heavy atom. The maximum absolute atomic E-state index is 14.2. The standard InChI is InChI=1S/C21H21FN2O4S/c1-3-24(4-2)29(26,27)19-13-16(10-11-18(19)22)21(25)28-14-17-8-5-7-15-9-6-12-23-20(15)17/h5-13H,3-4,14H2,1-2H3. The van der Waals surface area contributed by atoms with E-state index in [4.69, 9.17) is 4.74 Å². The van der Waals surface area contributed by atoms with Gasteiger partial charge in [-0.2, -0.15) is 4.31 Å². The highest BCUT2D eigenvalue weighted by molar-refractivity contribution is 7.89. The van der Waals surface area contributed by atoms with Crippen LogP contribution < -0.4 is 0 Å². The van der Waals surface area contributed by atoms with Gasteiger partial charge < -0.3 is 4.74 Å². The second kappa shape index (κ2) is 8.67. The third kappa shape index (κ3) is 4.28. The molecule has 29 heavy (non-hydrogen) atoms. The molecule has 3 rings (SSSR count). The quantitative estimate of drug-likeness (QED) is 0.548. The number of rotatable bonds is 7. The van der Waals surface area contributed by atoms with Gasteiger partial charge >= 0.3 is 5.97 Å². The van der Waals surface area contributed by atoms with Crippen molar-refractivity contribution in [3.05, 3.63) is 71.7 Å². The van der Waals surface area contributed by atoms with Crippen LogP contribution in [-0.4, -0.2) is 36.8 Å². The number of carbonyl (C=O) groups excluding carboxylic acids is 1. The van der Waals surface area contributed by atoms with Crippen molar-refractivity contribution in [3.63, 3.8) is 0 Å². The van der Waals surface area contributed by atoms with Gasteiger partial charge in [-0.15, -0.1) is 0 Å². The van der Waals surface area contributed by atoms with Crippen molar-refractivity contribution in [2.24, 2.45) is 0 Å². The number of nitrogens with zero attached hydrogens (tertiary/aromatic N) is 2. The lowest BCUT2D eigenvalue weighted by atomic mass is 10.1. The number of hydrogen-bond acceptors (Lipinski definition) is 5. The summed E-state index contributed by atoms with van der Waals surface area (Å²) in [5, 5.41) is 0.912. The smallest absolute Gasteiger partial charge is 0.338 e. The fraction of sp³-hybridized carbons (Fsp3) is 0.238. The summed E-state index contributed by atoms with van der Waals surface area (Å²) in [5.41, 5.74) is 1.39. The molecule has 0 amide bonds. The summed E-state index contributed by atoms with van der Waals surface area (Å²) < 4.78 is 46.0. The molecule has 0 aliphatic heterocycles. The zero-order chi connectivity index (χ0) is 21.0. The number of halogens is 1. The minimum Gasteiger partial charge on any atom is -0.457 e. The molecule has 2 aromatic carbocycles. The van der Waals surface area contributed by atoms with E-state index in [-0.39, 0.29) is 25.3 Å². The fourth-order valence-corrected chi connectivity index (χ4v) is 4.59. The Hall–Kier alpha value is -2.84. The molecule has 0 fully saturated rings. The maximum atomic E-state index is 14.2. The van der Waals surface area contributed by atoms with Crippen LogP contribution in [0.15, 0.2) is 59.6 Å². The van der Waals surface area contributed by atoms with E-state index >= 15 is 0 Å². The molecule has 0 aliphatic rings. The molecule has 0 radical (unpaired) electrons. The lowest BCUT2D eigenvalue weighted by Crippen LogP contribution is -2.31. The zero-order valence-corrected chi connectivity index (χ0v) is 16.9. The molecular formula is C21H21FN2O4S. The van der Waals surface area contributed by atoms with Gasteiger partial charge in [0.2, 0.25) is 10.0 Å². The van der Waals surface area contributed by atoms with E-state index in [0.717, 1.165) is 27.4 Å². The van der Waals surface area contributed by atoms with E-state index in [9.17, 15) is 17.6 Å². The lowest BCUT2D eigenvalue weighted by molar-refractivity contribution is 0.0474. The van der Waals surface area contributed by atoms with E-state index in [1.165, 1.54) is 6.07 Å². The van der Waals surface area contributed by atoms with Crippen LogP contribution in [0.2, 0.25) is 0 Å². The summed E-state index contributed by atoms with van der Waals surface area (Å²) in [5.74, 6) is -1.65. The van der Waals surface area contributed by atoms with Crippen molar-refractivity contribution in [2.75, 3.05) is 13.1 Å². The summed E-state index contributed by atoms with van der Waals surface area (Å²) in [4.78, 5) is 16.2. The number of aromatic nitrogens is 1. The minimum absolute atomic E-state index is 0.0367. The summed E-state index contributed by atoms with van der Waals surface area (Å²) in [7, 11) is -4.04. The molecular weight excluding hydrogens is 395 g/mol. The Morgan fingerprint density at radius 2 is 1.83 bits per heavy atom. The third-order valence-corrected chi connectivity index (χ3v) is 6.63. The fourth-order valence-electron chi connectivity index (χ4n) is 3.04. The number of sulfonamides is 1. The van der Waals surface area contributed by atoms with Gasteiger partial charge in [-0.3, -0.25) is 4.98 Å². The Bertz CT molecular complexity index is 1140. The van der Waals surface area contributed by atoms with Crippen molar-refractivity contribution < 1.29 is 22.3 Å². The molecule has 3 aromatic rings. The van der Waals surface area contributed by atoms with Gasteiger partial charge in [0.25, 0.3) is 0 Å². The van der Waals surface area contributed by atoms with Crippen LogP contribution >= 0.6 is 0 Å². The van der Waals surface area contributed by atoms with Crippen molar-refractivity contribution in [2.45, 2.75) is 25.3 Å². The van der Waals surface area contributed by atoms with Crippen LogP contribution in [0.1, 0.15) is 29.8 Å². The molecule has 0 atom stereocenters. The maximum Gasteiger partial charge on any atom is 0.338 e. The molecule has 0 N–H and O–H groups in total. The zero-order valence-electron chi connectivity index (χ0n) is 16.1. The van der Waals surface area contributed by atoms with Crippen LogP contribution in [0.5, 0.6) is 0 Å². The topological polar surface area (TPSA) is 76.6 Å². The second-order valence-corrected chi connectivity index (χ2v) is 8.21. The number of para-hydroxylation sites is 1. The van der Waals surface area contributed by atoms with Crippen LogP contribution in [0.3, 0.4) is 0 Å². The Labute approximate surface area is 169 Å². The third-order valence-electron chi connectivity index (χ3n) is 4.57. The Kier molecular flexibility index (Phi) is 6.24. The van der Waals surface area contributed by atoms with Gasteiger partial charge in [0.1, 0.15) is 17.3 Å². The van der Waals surface area contributed by atoms with Gasteiger partial charge in [-0.25, -0.2) is 17.6 Å². The number of carbonyl (C=O) groups is 1. The number of ether oxygens (including phenoxy) is 1. The summed E-state index contributed by atoms with van der Waals surface area (Å²) in [6, 6.07) is 12.4. The molecule has 0 spiro atoms. The van der Waals surface area contributed by atoms with Gasteiger partial charge in [0, 0.05) is 30.2 Å². The Balaban J connectivity index is 1.85. The molecule has 8 heteroatoms. The van der Waals surface area contributed by atoms with Gasteiger partial charge in [-0.05, 0) is 24.3 Å². The SMILES string of the molecule is CCN(CC)S(=O)(=O)c1cc(C(=O)OCc2cccc3cccnc23)ccc1F. The highest BCUT2D eigenvalue weighted by Gasteiger charge is 2.26. The van der Waals surface area contributed by atoms with Crippen LogP contribution in [0.4, 0.5) is 4.39 Å². The summed E-state index contributed by atoms with van der Waals surface area (Å²) >= 11 is 0. The number of hydrogen-bond donors (Lipinski definition) is 0. The molecule has 6 nitrogen and oxygen atoms in total. The highest BCUT2D eigenvalue weighted by Crippen LogP contribution is 2.22. The second-order valence-electron chi connectivity index (χ2n) is 6.30. The van der Waals surface area contributed by atoms with Gasteiger partial charge in [0.05, 0.1) is 11.1 Å². The van der Waals surface area contributed by atoms with Crippen molar-refractivity contribution in [1.29, 1.82) is 0 Å². The van der Waals surface area contributed by atoms with E-state index in [2.05, 4.69) is 4.98 Å². The molecule has 1 aromatic heterocycles. The van der Waals surface area contributed by atoms with Gasteiger partial charge in [-0.1, -0.05) is 38.1 Å². The first-order chi connectivity index (χ1) is 13.9. The van der Waals surface area contributed by atoms with E-state index < -0.39 is 26.7 Å². The van der Waals surface area contributed by atoms with Crippen LogP contribution in [0, 0.1) is 5.82 Å². The monoisotopic (exact) mass is 416 g/mol. The molecule has 0 aliphatic carbocycles. The highest BCUT2D eigenvalue weighted by atomic mass is 32.2. The minimum atomic E-state index is -4.04. The van der Waals surface area contributed by atoms with E-state index in [0.29, 0.717) is 5.52 Å². The normalized spacial score (nSPS) is 11.7. The molecule has 0 saturated carbocycles. The van der Waals surface area contributed by atoms with Crippen LogP contribution in [-0.2, 0) is 21.4 Å². The van der Waals surface area contributed by atoms with Crippen molar-refractivity contribution in [3.8, 4) is 0 Å². The molecule has 152 valence electrons.